The summed E-state index contributed by atoms with van der Waals surface area (Å²) in [7, 11) is 0. The minimum atomic E-state index is -1.25. The van der Waals surface area contributed by atoms with Gasteiger partial charge in [-0.2, -0.15) is 0 Å². The fourth-order valence-corrected chi connectivity index (χ4v) is 2.45. The maximum Gasteiger partial charge on any atom is 0.328 e. The van der Waals surface area contributed by atoms with Crippen LogP contribution in [0.3, 0.4) is 0 Å². The van der Waals surface area contributed by atoms with Crippen molar-refractivity contribution in [2.75, 3.05) is 13.1 Å². The van der Waals surface area contributed by atoms with E-state index in [0.29, 0.717) is 19.0 Å². The zero-order valence-corrected chi connectivity index (χ0v) is 11.6. The number of nitrogens with one attached hydrogen (secondary N) is 1. The summed E-state index contributed by atoms with van der Waals surface area (Å²) in [6, 6.07) is -1.65. The lowest BCUT2D eigenvalue weighted by atomic mass is 9.93. The number of aliphatic hydroxyl groups excluding tert-OH is 1. The molecule has 0 saturated carbocycles. The lowest BCUT2D eigenvalue weighted by molar-refractivity contribution is -0.141. The molecule has 1 rings (SSSR count). The number of aliphatic hydroxyl groups is 1. The van der Waals surface area contributed by atoms with E-state index in [4.69, 9.17) is 5.11 Å². The maximum absolute atomic E-state index is 11.9. The van der Waals surface area contributed by atoms with Crippen LogP contribution in [0.4, 0.5) is 4.79 Å². The first-order valence-electron chi connectivity index (χ1n) is 6.92. The van der Waals surface area contributed by atoms with Crippen LogP contribution in [0.15, 0.2) is 0 Å². The molecule has 6 nitrogen and oxygen atoms in total. The lowest BCUT2D eigenvalue weighted by Crippen LogP contribution is -2.53. The Morgan fingerprint density at radius 1 is 1.37 bits per heavy atom. The first kappa shape index (κ1) is 15.8. The van der Waals surface area contributed by atoms with Crippen LogP contribution in [0.5, 0.6) is 0 Å². The first-order chi connectivity index (χ1) is 8.95. The van der Waals surface area contributed by atoms with Gasteiger partial charge < -0.3 is 20.4 Å². The monoisotopic (exact) mass is 272 g/mol. The SMILES string of the molecule is CCCC1CCN(C(=O)N[C@H](C(=O)O)[C@@H](C)O)CC1. The van der Waals surface area contributed by atoms with Gasteiger partial charge in [0.25, 0.3) is 0 Å². The van der Waals surface area contributed by atoms with Crippen molar-refractivity contribution in [1.82, 2.24) is 10.2 Å². The predicted molar refractivity (Wildman–Crippen MR) is 70.8 cm³/mol. The van der Waals surface area contributed by atoms with Gasteiger partial charge in [0.2, 0.25) is 0 Å². The smallest absolute Gasteiger partial charge is 0.328 e. The van der Waals surface area contributed by atoms with E-state index < -0.39 is 24.1 Å². The van der Waals surface area contributed by atoms with Crippen LogP contribution in [0.2, 0.25) is 0 Å². The van der Waals surface area contributed by atoms with Crippen LogP contribution >= 0.6 is 0 Å². The number of carbonyl (C=O) groups excluding carboxylic acids is 1. The van der Waals surface area contributed by atoms with E-state index in [-0.39, 0.29) is 0 Å². The summed E-state index contributed by atoms with van der Waals surface area (Å²) in [4.78, 5) is 24.5. The van der Waals surface area contributed by atoms with Gasteiger partial charge in [-0.25, -0.2) is 9.59 Å². The molecule has 1 aliphatic heterocycles. The molecular weight excluding hydrogens is 248 g/mol. The number of hydrogen-bond donors (Lipinski definition) is 3. The molecule has 2 amide bonds. The molecule has 1 saturated heterocycles. The summed E-state index contributed by atoms with van der Waals surface area (Å²) < 4.78 is 0. The van der Waals surface area contributed by atoms with Crippen molar-refractivity contribution in [3.8, 4) is 0 Å². The molecule has 0 radical (unpaired) electrons. The number of urea groups is 1. The number of carboxylic acid groups (broad SMARTS) is 1. The van der Waals surface area contributed by atoms with Gasteiger partial charge in [-0.15, -0.1) is 0 Å². The highest BCUT2D eigenvalue weighted by atomic mass is 16.4. The Morgan fingerprint density at radius 2 is 1.95 bits per heavy atom. The minimum absolute atomic E-state index is 0.400. The van der Waals surface area contributed by atoms with Gasteiger partial charge >= 0.3 is 12.0 Å². The van der Waals surface area contributed by atoms with Crippen molar-refractivity contribution in [2.24, 2.45) is 5.92 Å². The Labute approximate surface area is 113 Å². The Bertz CT molecular complexity index is 312. The minimum Gasteiger partial charge on any atom is -0.480 e. The fourth-order valence-electron chi connectivity index (χ4n) is 2.45. The van der Waals surface area contributed by atoms with E-state index >= 15 is 0 Å². The van der Waals surface area contributed by atoms with Crippen LogP contribution in [-0.4, -0.2) is 52.3 Å². The van der Waals surface area contributed by atoms with Crippen LogP contribution in [0.25, 0.3) is 0 Å². The molecule has 6 heteroatoms. The zero-order valence-electron chi connectivity index (χ0n) is 11.6. The number of carboxylic acids is 1. The maximum atomic E-state index is 11.9. The highest BCUT2D eigenvalue weighted by Gasteiger charge is 2.29. The third-order valence-electron chi connectivity index (χ3n) is 3.63. The Balaban J connectivity index is 2.44. The fraction of sp³-hybridized carbons (Fsp3) is 0.846. The number of hydrogen-bond acceptors (Lipinski definition) is 3. The predicted octanol–water partition coefficient (Wildman–Crippen LogP) is 1.04. The van der Waals surface area contributed by atoms with Crippen molar-refractivity contribution >= 4 is 12.0 Å². The Morgan fingerprint density at radius 3 is 2.37 bits per heavy atom. The highest BCUT2D eigenvalue weighted by Crippen LogP contribution is 2.21. The Hall–Kier alpha value is -1.30. The molecule has 0 aromatic heterocycles. The summed E-state index contributed by atoms with van der Waals surface area (Å²) in [6.07, 6.45) is 3.15. The summed E-state index contributed by atoms with van der Waals surface area (Å²) in [5.41, 5.74) is 0. The van der Waals surface area contributed by atoms with Gasteiger partial charge in [-0.3, -0.25) is 0 Å². The van der Waals surface area contributed by atoms with Crippen LogP contribution < -0.4 is 5.32 Å². The Kier molecular flexibility index (Phi) is 6.08. The summed E-state index contributed by atoms with van der Waals surface area (Å²) in [6.45, 7) is 4.82. The van der Waals surface area contributed by atoms with Crippen LogP contribution in [0.1, 0.15) is 39.5 Å². The zero-order chi connectivity index (χ0) is 14.4. The number of amides is 2. The molecule has 1 fully saturated rings. The van der Waals surface area contributed by atoms with Gasteiger partial charge in [-0.05, 0) is 25.7 Å². The number of nitrogens with zero attached hydrogens (tertiary/aromatic N) is 1. The van der Waals surface area contributed by atoms with Crippen LogP contribution in [-0.2, 0) is 4.79 Å². The molecule has 110 valence electrons. The number of piperidine rings is 1. The molecule has 0 aliphatic carbocycles. The largest absolute Gasteiger partial charge is 0.480 e. The summed E-state index contributed by atoms with van der Waals surface area (Å²) >= 11 is 0. The van der Waals surface area contributed by atoms with Crippen LogP contribution in [0, 0.1) is 5.92 Å². The van der Waals surface area contributed by atoms with Crippen molar-refractivity contribution < 1.29 is 19.8 Å². The number of rotatable bonds is 5. The number of likely N-dealkylation sites (tertiary alicyclic amines) is 1. The lowest BCUT2D eigenvalue weighted by Gasteiger charge is -2.33. The molecule has 0 bridgehead atoms. The van der Waals surface area contributed by atoms with Gasteiger partial charge in [-0.1, -0.05) is 19.8 Å². The average molecular weight is 272 g/mol. The highest BCUT2D eigenvalue weighted by molar-refractivity contribution is 5.83. The second-order valence-electron chi connectivity index (χ2n) is 5.23. The van der Waals surface area contributed by atoms with Crippen molar-refractivity contribution in [1.29, 1.82) is 0 Å². The summed E-state index contributed by atoms with van der Waals surface area (Å²) in [5, 5.41) is 20.6. The molecule has 3 N–H and O–H groups in total. The molecule has 19 heavy (non-hydrogen) atoms. The molecule has 0 spiro atoms. The third kappa shape index (κ3) is 4.70. The number of aliphatic carboxylic acids is 1. The van der Waals surface area contributed by atoms with E-state index in [9.17, 15) is 14.7 Å². The molecule has 1 heterocycles. The number of carbonyl (C=O) groups is 2. The van der Waals surface area contributed by atoms with Gasteiger partial charge in [0.15, 0.2) is 6.04 Å². The molecule has 0 unspecified atom stereocenters. The van der Waals surface area contributed by atoms with E-state index in [2.05, 4.69) is 12.2 Å². The van der Waals surface area contributed by atoms with E-state index in [1.807, 2.05) is 0 Å². The average Bonchev–Trinajstić information content (AvgIpc) is 2.36. The quantitative estimate of drug-likeness (QED) is 0.697. The second-order valence-corrected chi connectivity index (χ2v) is 5.23. The normalized spacial score (nSPS) is 19.8. The topological polar surface area (TPSA) is 89.9 Å². The second kappa shape index (κ2) is 7.33. The van der Waals surface area contributed by atoms with E-state index in [1.165, 1.54) is 13.3 Å². The first-order valence-corrected chi connectivity index (χ1v) is 6.92. The van der Waals surface area contributed by atoms with Gasteiger partial charge in [0.1, 0.15) is 0 Å². The molecule has 2 atom stereocenters. The molecule has 0 aromatic carbocycles. The summed E-state index contributed by atoms with van der Waals surface area (Å²) in [5.74, 6) is -0.551. The standard InChI is InChI=1S/C13H24N2O4/c1-3-4-10-5-7-15(8-6-10)13(19)14-11(9(2)16)12(17)18/h9-11,16H,3-8H2,1-2H3,(H,14,19)(H,17,18)/t9-,11+/m1/s1. The van der Waals surface area contributed by atoms with E-state index in [0.717, 1.165) is 19.3 Å². The van der Waals surface area contributed by atoms with Crippen molar-refractivity contribution in [2.45, 2.75) is 51.7 Å². The molecule has 1 aliphatic rings. The van der Waals surface area contributed by atoms with E-state index in [1.54, 1.807) is 4.90 Å². The van der Waals surface area contributed by atoms with Crippen molar-refractivity contribution in [3.05, 3.63) is 0 Å². The third-order valence-corrected chi connectivity index (χ3v) is 3.63. The van der Waals surface area contributed by atoms with Crippen molar-refractivity contribution in [3.63, 3.8) is 0 Å². The van der Waals surface area contributed by atoms with Gasteiger partial charge in [0, 0.05) is 13.1 Å². The molecular formula is C13H24N2O4. The van der Waals surface area contributed by atoms with Gasteiger partial charge in [0.05, 0.1) is 6.10 Å². The molecule has 0 aromatic rings.